The van der Waals surface area contributed by atoms with E-state index in [1.807, 2.05) is 25.1 Å². The lowest BCUT2D eigenvalue weighted by molar-refractivity contribution is -0.118. The molecule has 2 rings (SSSR count). The number of esters is 1. The molecular weight excluding hydrogens is 368 g/mol. The van der Waals surface area contributed by atoms with Gasteiger partial charge in [-0.3, -0.25) is 9.59 Å². The third-order valence-electron chi connectivity index (χ3n) is 3.76. The summed E-state index contributed by atoms with van der Waals surface area (Å²) in [5, 5.41) is 5.44. The Hall–Kier alpha value is -2.87. The second-order valence-electron chi connectivity index (χ2n) is 5.66. The quantitative estimate of drug-likeness (QED) is 0.709. The number of hydrogen-bond acceptors (Lipinski definition) is 6. The topological polar surface area (TPSA) is 93.7 Å². The Balaban J connectivity index is 2.20. The standard InChI is InChI=1S/C19H22N2O5S/c1-5-25-19(24)15-12(3)16(17(23)20-4)27-18(15)21-14(22)10-26-13-9-7-6-8-11(13)2/h6-9H,5,10H2,1-4H3,(H,20,23)(H,21,22). The maximum atomic E-state index is 12.3. The average Bonchev–Trinajstić information content (AvgIpc) is 2.96. The maximum absolute atomic E-state index is 12.3. The monoisotopic (exact) mass is 390 g/mol. The number of nitrogens with one attached hydrogen (secondary N) is 2. The van der Waals surface area contributed by atoms with Gasteiger partial charge in [0.25, 0.3) is 11.8 Å². The highest BCUT2D eigenvalue weighted by molar-refractivity contribution is 7.18. The average molecular weight is 390 g/mol. The van der Waals surface area contributed by atoms with Gasteiger partial charge in [-0.15, -0.1) is 11.3 Å². The van der Waals surface area contributed by atoms with Crippen molar-refractivity contribution in [2.45, 2.75) is 20.8 Å². The zero-order valence-corrected chi connectivity index (χ0v) is 16.5. The van der Waals surface area contributed by atoms with Crippen LogP contribution in [0.3, 0.4) is 0 Å². The van der Waals surface area contributed by atoms with Crippen molar-refractivity contribution < 1.29 is 23.9 Å². The van der Waals surface area contributed by atoms with Crippen LogP contribution in [0.5, 0.6) is 5.75 Å². The molecule has 2 N–H and O–H groups in total. The molecule has 0 fully saturated rings. The summed E-state index contributed by atoms with van der Waals surface area (Å²) in [6.45, 7) is 5.18. The fourth-order valence-electron chi connectivity index (χ4n) is 2.41. The highest BCUT2D eigenvalue weighted by Crippen LogP contribution is 2.33. The fourth-order valence-corrected chi connectivity index (χ4v) is 3.56. The maximum Gasteiger partial charge on any atom is 0.341 e. The van der Waals surface area contributed by atoms with Gasteiger partial charge in [0.1, 0.15) is 10.8 Å². The Labute approximate surface area is 161 Å². The Morgan fingerprint density at radius 1 is 1.15 bits per heavy atom. The Kier molecular flexibility index (Phi) is 6.95. The van der Waals surface area contributed by atoms with Crippen LogP contribution in [0.4, 0.5) is 5.00 Å². The van der Waals surface area contributed by atoms with Crippen molar-refractivity contribution in [3.63, 3.8) is 0 Å². The largest absolute Gasteiger partial charge is 0.483 e. The van der Waals surface area contributed by atoms with Crippen molar-refractivity contribution in [2.24, 2.45) is 0 Å². The fraction of sp³-hybridized carbons (Fsp3) is 0.316. The first-order valence-electron chi connectivity index (χ1n) is 8.39. The first-order valence-corrected chi connectivity index (χ1v) is 9.21. The number of rotatable bonds is 7. The summed E-state index contributed by atoms with van der Waals surface area (Å²) < 4.78 is 10.6. The Morgan fingerprint density at radius 3 is 2.48 bits per heavy atom. The summed E-state index contributed by atoms with van der Waals surface area (Å²) >= 11 is 1.03. The lowest BCUT2D eigenvalue weighted by Gasteiger charge is -2.10. The number of thiophene rings is 1. The van der Waals surface area contributed by atoms with Gasteiger partial charge in [0, 0.05) is 7.05 Å². The number of ether oxygens (including phenoxy) is 2. The first kappa shape index (κ1) is 20.4. The van der Waals surface area contributed by atoms with Crippen LogP contribution in [0, 0.1) is 13.8 Å². The molecule has 0 aliphatic carbocycles. The molecule has 27 heavy (non-hydrogen) atoms. The number of carbonyl (C=O) groups excluding carboxylic acids is 3. The van der Waals surface area contributed by atoms with Crippen molar-refractivity contribution in [3.8, 4) is 5.75 Å². The SMILES string of the molecule is CCOC(=O)c1c(NC(=O)COc2ccccc2C)sc(C(=O)NC)c1C. The third kappa shape index (κ3) is 4.85. The van der Waals surface area contributed by atoms with Crippen LogP contribution in [0.25, 0.3) is 0 Å². The lowest BCUT2D eigenvalue weighted by atomic mass is 10.1. The number of amides is 2. The highest BCUT2D eigenvalue weighted by atomic mass is 32.1. The van der Waals surface area contributed by atoms with E-state index >= 15 is 0 Å². The molecular formula is C19H22N2O5S. The summed E-state index contributed by atoms with van der Waals surface area (Å²) in [6, 6.07) is 7.34. The molecule has 1 heterocycles. The lowest BCUT2D eigenvalue weighted by Crippen LogP contribution is -2.21. The molecule has 2 aromatic rings. The minimum atomic E-state index is -0.587. The van der Waals surface area contributed by atoms with E-state index in [2.05, 4.69) is 10.6 Å². The highest BCUT2D eigenvalue weighted by Gasteiger charge is 2.26. The van der Waals surface area contributed by atoms with Gasteiger partial charge in [0.2, 0.25) is 0 Å². The summed E-state index contributed by atoms with van der Waals surface area (Å²) in [6.07, 6.45) is 0. The zero-order valence-electron chi connectivity index (χ0n) is 15.7. The van der Waals surface area contributed by atoms with Gasteiger partial charge in [-0.2, -0.15) is 0 Å². The smallest absolute Gasteiger partial charge is 0.341 e. The molecule has 1 aromatic carbocycles. The summed E-state index contributed by atoms with van der Waals surface area (Å²) in [5.41, 5.74) is 1.56. The first-order chi connectivity index (χ1) is 12.9. The van der Waals surface area contributed by atoms with E-state index in [1.54, 1.807) is 19.9 Å². The van der Waals surface area contributed by atoms with Gasteiger partial charge < -0.3 is 20.1 Å². The van der Waals surface area contributed by atoms with Crippen LogP contribution < -0.4 is 15.4 Å². The molecule has 0 radical (unpaired) electrons. The number of aryl methyl sites for hydroxylation is 1. The van der Waals surface area contributed by atoms with Gasteiger partial charge in [-0.05, 0) is 38.0 Å². The molecule has 1 aromatic heterocycles. The molecule has 8 heteroatoms. The van der Waals surface area contributed by atoms with Crippen LogP contribution in [-0.4, -0.2) is 38.0 Å². The van der Waals surface area contributed by atoms with Gasteiger partial charge in [0.05, 0.1) is 17.0 Å². The molecule has 0 saturated heterocycles. The van der Waals surface area contributed by atoms with Gasteiger partial charge in [-0.1, -0.05) is 18.2 Å². The van der Waals surface area contributed by atoms with E-state index in [9.17, 15) is 14.4 Å². The van der Waals surface area contributed by atoms with E-state index in [4.69, 9.17) is 9.47 Å². The van der Waals surface area contributed by atoms with Crippen LogP contribution in [0.1, 0.15) is 38.1 Å². The normalized spacial score (nSPS) is 10.2. The summed E-state index contributed by atoms with van der Waals surface area (Å²) in [5.74, 6) is -0.753. The van der Waals surface area contributed by atoms with Crippen LogP contribution in [-0.2, 0) is 9.53 Å². The van der Waals surface area contributed by atoms with Crippen molar-refractivity contribution >= 4 is 34.1 Å². The van der Waals surface area contributed by atoms with Crippen LogP contribution in [0.15, 0.2) is 24.3 Å². The van der Waals surface area contributed by atoms with Crippen LogP contribution >= 0.6 is 11.3 Å². The number of hydrogen-bond donors (Lipinski definition) is 2. The Bertz CT molecular complexity index is 860. The second kappa shape index (κ2) is 9.18. The molecule has 0 atom stereocenters. The molecule has 0 bridgehead atoms. The summed E-state index contributed by atoms with van der Waals surface area (Å²) in [4.78, 5) is 37.0. The van der Waals surface area contributed by atoms with Gasteiger partial charge in [0.15, 0.2) is 6.61 Å². The molecule has 7 nitrogen and oxygen atoms in total. The predicted molar refractivity (Wildman–Crippen MR) is 104 cm³/mol. The molecule has 2 amide bonds. The minimum Gasteiger partial charge on any atom is -0.483 e. The molecule has 0 saturated carbocycles. The number of anilines is 1. The number of carbonyl (C=O) groups is 3. The molecule has 0 aliphatic heterocycles. The summed E-state index contributed by atoms with van der Waals surface area (Å²) in [7, 11) is 1.50. The molecule has 0 aliphatic rings. The van der Waals surface area contributed by atoms with E-state index in [-0.39, 0.29) is 29.7 Å². The van der Waals surface area contributed by atoms with Gasteiger partial charge >= 0.3 is 5.97 Å². The minimum absolute atomic E-state index is 0.185. The van der Waals surface area contributed by atoms with E-state index in [0.29, 0.717) is 16.2 Å². The van der Waals surface area contributed by atoms with E-state index in [0.717, 1.165) is 16.9 Å². The van der Waals surface area contributed by atoms with Crippen molar-refractivity contribution in [1.82, 2.24) is 5.32 Å². The third-order valence-corrected chi connectivity index (χ3v) is 4.97. The number of benzene rings is 1. The molecule has 144 valence electrons. The van der Waals surface area contributed by atoms with E-state index in [1.165, 1.54) is 7.05 Å². The van der Waals surface area contributed by atoms with Crippen LogP contribution in [0.2, 0.25) is 0 Å². The predicted octanol–water partition coefficient (Wildman–Crippen LogP) is 2.92. The Morgan fingerprint density at radius 2 is 1.85 bits per heavy atom. The van der Waals surface area contributed by atoms with Crippen molar-refractivity contribution in [1.29, 1.82) is 0 Å². The molecule has 0 spiro atoms. The van der Waals surface area contributed by atoms with E-state index < -0.39 is 11.9 Å². The second-order valence-corrected chi connectivity index (χ2v) is 6.68. The van der Waals surface area contributed by atoms with Crippen molar-refractivity contribution in [2.75, 3.05) is 25.6 Å². The molecule has 0 unspecified atom stereocenters. The van der Waals surface area contributed by atoms with Gasteiger partial charge in [-0.25, -0.2) is 4.79 Å². The van der Waals surface area contributed by atoms with Crippen molar-refractivity contribution in [3.05, 3.63) is 45.8 Å². The zero-order chi connectivity index (χ0) is 20.0. The number of para-hydroxylation sites is 1.